The van der Waals surface area contributed by atoms with E-state index >= 15 is 0 Å². The predicted molar refractivity (Wildman–Crippen MR) is 83.2 cm³/mol. The molecule has 114 valence electrons. The van der Waals surface area contributed by atoms with Gasteiger partial charge in [0.25, 0.3) is 0 Å². The fourth-order valence-corrected chi connectivity index (χ4v) is 3.77. The number of hydrogen-bond acceptors (Lipinski definition) is 2. The SMILES string of the molecule is CC1CCN(C(=O)Cc2ccc3c(c2)CCCC3)C1CO. The fourth-order valence-electron chi connectivity index (χ4n) is 3.77. The number of amides is 1. The molecule has 1 saturated heterocycles. The summed E-state index contributed by atoms with van der Waals surface area (Å²) >= 11 is 0. The maximum Gasteiger partial charge on any atom is 0.227 e. The molecule has 3 heteroatoms. The first-order chi connectivity index (χ1) is 10.2. The first kappa shape index (κ1) is 14.6. The summed E-state index contributed by atoms with van der Waals surface area (Å²) in [6, 6.07) is 6.54. The van der Waals surface area contributed by atoms with Gasteiger partial charge in [-0.25, -0.2) is 0 Å². The van der Waals surface area contributed by atoms with Crippen LogP contribution >= 0.6 is 0 Å². The van der Waals surface area contributed by atoms with Crippen LogP contribution in [0.1, 0.15) is 42.9 Å². The predicted octanol–water partition coefficient (Wildman–Crippen LogP) is 2.34. The summed E-state index contributed by atoms with van der Waals surface area (Å²) in [5.74, 6) is 0.566. The molecule has 0 radical (unpaired) electrons. The first-order valence-electron chi connectivity index (χ1n) is 8.20. The average Bonchev–Trinajstić information content (AvgIpc) is 2.88. The molecule has 1 aromatic rings. The highest BCUT2D eigenvalue weighted by Crippen LogP contribution is 2.26. The molecule has 1 amide bonds. The Labute approximate surface area is 127 Å². The van der Waals surface area contributed by atoms with Crippen molar-refractivity contribution in [2.24, 2.45) is 5.92 Å². The molecule has 3 rings (SSSR count). The molecule has 2 unspecified atom stereocenters. The van der Waals surface area contributed by atoms with E-state index in [1.165, 1.54) is 30.4 Å². The number of fused-ring (bicyclic) bond motifs is 1. The number of nitrogens with zero attached hydrogens (tertiary/aromatic N) is 1. The molecule has 1 aliphatic carbocycles. The van der Waals surface area contributed by atoms with Gasteiger partial charge < -0.3 is 10.0 Å². The van der Waals surface area contributed by atoms with Crippen LogP contribution in [0, 0.1) is 5.92 Å². The number of carbonyl (C=O) groups is 1. The number of carbonyl (C=O) groups excluding carboxylic acids is 1. The average molecular weight is 287 g/mol. The lowest BCUT2D eigenvalue weighted by Crippen LogP contribution is -2.40. The van der Waals surface area contributed by atoms with Crippen molar-refractivity contribution < 1.29 is 9.90 Å². The van der Waals surface area contributed by atoms with Gasteiger partial charge >= 0.3 is 0 Å². The molecule has 1 fully saturated rings. The van der Waals surface area contributed by atoms with Crippen molar-refractivity contribution in [2.45, 2.75) is 51.5 Å². The van der Waals surface area contributed by atoms with Crippen molar-refractivity contribution in [3.8, 4) is 0 Å². The third-order valence-corrected chi connectivity index (χ3v) is 5.16. The van der Waals surface area contributed by atoms with Crippen molar-refractivity contribution in [3.63, 3.8) is 0 Å². The Balaban J connectivity index is 1.70. The highest BCUT2D eigenvalue weighted by atomic mass is 16.3. The van der Waals surface area contributed by atoms with Gasteiger partial charge in [0.1, 0.15) is 0 Å². The maximum absolute atomic E-state index is 12.5. The minimum Gasteiger partial charge on any atom is -0.394 e. The number of aliphatic hydroxyl groups is 1. The van der Waals surface area contributed by atoms with Crippen molar-refractivity contribution in [1.29, 1.82) is 0 Å². The van der Waals surface area contributed by atoms with E-state index in [1.807, 2.05) is 4.90 Å². The summed E-state index contributed by atoms with van der Waals surface area (Å²) in [5, 5.41) is 9.49. The van der Waals surface area contributed by atoms with Crippen LogP contribution in [0.3, 0.4) is 0 Å². The minimum atomic E-state index is 0.00938. The molecule has 1 aliphatic heterocycles. The molecule has 0 aromatic heterocycles. The monoisotopic (exact) mass is 287 g/mol. The molecular weight excluding hydrogens is 262 g/mol. The van der Waals surface area contributed by atoms with Crippen molar-refractivity contribution in [3.05, 3.63) is 34.9 Å². The molecule has 1 aromatic carbocycles. The standard InChI is InChI=1S/C18H25NO2/c1-13-8-9-19(17(13)12-20)18(21)11-14-6-7-15-4-2-3-5-16(15)10-14/h6-7,10,13,17,20H,2-5,8-9,11-12H2,1H3. The Morgan fingerprint density at radius 2 is 2.05 bits per heavy atom. The quantitative estimate of drug-likeness (QED) is 0.927. The Hall–Kier alpha value is -1.35. The van der Waals surface area contributed by atoms with E-state index < -0.39 is 0 Å². The van der Waals surface area contributed by atoms with E-state index in [0.29, 0.717) is 12.3 Å². The molecule has 3 nitrogen and oxygen atoms in total. The summed E-state index contributed by atoms with van der Waals surface area (Å²) < 4.78 is 0. The number of hydrogen-bond donors (Lipinski definition) is 1. The molecule has 2 aliphatic rings. The smallest absolute Gasteiger partial charge is 0.227 e. The van der Waals surface area contributed by atoms with Gasteiger partial charge in [-0.15, -0.1) is 0 Å². The van der Waals surface area contributed by atoms with Gasteiger partial charge in [-0.1, -0.05) is 25.1 Å². The lowest BCUT2D eigenvalue weighted by Gasteiger charge is -2.25. The van der Waals surface area contributed by atoms with Crippen LogP contribution in [0.4, 0.5) is 0 Å². The van der Waals surface area contributed by atoms with Crippen LogP contribution in [0.2, 0.25) is 0 Å². The van der Waals surface area contributed by atoms with Gasteiger partial charge in [-0.05, 0) is 54.7 Å². The highest BCUT2D eigenvalue weighted by molar-refractivity contribution is 5.79. The molecular formula is C18H25NO2. The van der Waals surface area contributed by atoms with Crippen LogP contribution in [-0.2, 0) is 24.1 Å². The maximum atomic E-state index is 12.5. The van der Waals surface area contributed by atoms with E-state index in [4.69, 9.17) is 0 Å². The van der Waals surface area contributed by atoms with E-state index in [1.54, 1.807) is 0 Å². The molecule has 21 heavy (non-hydrogen) atoms. The highest BCUT2D eigenvalue weighted by Gasteiger charge is 2.33. The first-order valence-corrected chi connectivity index (χ1v) is 8.20. The van der Waals surface area contributed by atoms with Crippen LogP contribution < -0.4 is 0 Å². The summed E-state index contributed by atoms with van der Waals surface area (Å²) in [7, 11) is 0. The van der Waals surface area contributed by atoms with Crippen molar-refractivity contribution in [2.75, 3.05) is 13.2 Å². The third-order valence-electron chi connectivity index (χ3n) is 5.16. The molecule has 1 N–H and O–H groups in total. The number of benzene rings is 1. The summed E-state index contributed by atoms with van der Waals surface area (Å²) in [5.41, 5.74) is 4.01. The Kier molecular flexibility index (Phi) is 4.29. The van der Waals surface area contributed by atoms with Crippen LogP contribution in [0.25, 0.3) is 0 Å². The van der Waals surface area contributed by atoms with Crippen molar-refractivity contribution >= 4 is 5.91 Å². The van der Waals surface area contributed by atoms with E-state index in [2.05, 4.69) is 25.1 Å². The van der Waals surface area contributed by atoms with Gasteiger partial charge in [-0.3, -0.25) is 4.79 Å². The van der Waals surface area contributed by atoms with E-state index in [-0.39, 0.29) is 18.6 Å². The Morgan fingerprint density at radius 3 is 2.81 bits per heavy atom. The molecule has 0 bridgehead atoms. The van der Waals surface area contributed by atoms with Crippen LogP contribution in [-0.4, -0.2) is 35.1 Å². The van der Waals surface area contributed by atoms with E-state index in [0.717, 1.165) is 24.9 Å². The topological polar surface area (TPSA) is 40.5 Å². The molecule has 0 saturated carbocycles. The second kappa shape index (κ2) is 6.18. The van der Waals surface area contributed by atoms with Crippen LogP contribution in [0.5, 0.6) is 0 Å². The summed E-state index contributed by atoms with van der Waals surface area (Å²) in [4.78, 5) is 14.4. The zero-order chi connectivity index (χ0) is 14.8. The lowest BCUT2D eigenvalue weighted by molar-refractivity contribution is -0.132. The van der Waals surface area contributed by atoms with Gasteiger partial charge in [0.15, 0.2) is 0 Å². The molecule has 1 heterocycles. The van der Waals surface area contributed by atoms with Gasteiger partial charge in [0.2, 0.25) is 5.91 Å². The second-order valence-electron chi connectivity index (χ2n) is 6.59. The second-order valence-corrected chi connectivity index (χ2v) is 6.59. The van der Waals surface area contributed by atoms with Gasteiger partial charge in [0, 0.05) is 6.54 Å². The number of rotatable bonds is 3. The summed E-state index contributed by atoms with van der Waals surface area (Å²) in [6.45, 7) is 2.99. The minimum absolute atomic E-state index is 0.00938. The summed E-state index contributed by atoms with van der Waals surface area (Å²) in [6.07, 6.45) is 6.35. The van der Waals surface area contributed by atoms with Gasteiger partial charge in [-0.2, -0.15) is 0 Å². The number of aliphatic hydroxyl groups excluding tert-OH is 1. The van der Waals surface area contributed by atoms with Crippen molar-refractivity contribution in [1.82, 2.24) is 4.90 Å². The zero-order valence-electron chi connectivity index (χ0n) is 12.8. The largest absolute Gasteiger partial charge is 0.394 e. The Morgan fingerprint density at radius 1 is 1.29 bits per heavy atom. The van der Waals surface area contributed by atoms with E-state index in [9.17, 15) is 9.90 Å². The lowest BCUT2D eigenvalue weighted by atomic mass is 9.90. The van der Waals surface area contributed by atoms with Gasteiger partial charge in [0.05, 0.1) is 19.1 Å². The third kappa shape index (κ3) is 2.98. The normalized spacial score (nSPS) is 25.0. The molecule has 0 spiro atoms. The molecule has 2 atom stereocenters. The fraction of sp³-hybridized carbons (Fsp3) is 0.611. The zero-order valence-corrected chi connectivity index (χ0v) is 12.8. The Bertz CT molecular complexity index is 526. The van der Waals surface area contributed by atoms with Crippen LogP contribution in [0.15, 0.2) is 18.2 Å². The number of likely N-dealkylation sites (tertiary alicyclic amines) is 1. The number of aryl methyl sites for hydroxylation is 2.